The van der Waals surface area contributed by atoms with Gasteiger partial charge in [-0.1, -0.05) is 0 Å². The summed E-state index contributed by atoms with van der Waals surface area (Å²) in [6.07, 6.45) is 5.72. The van der Waals surface area contributed by atoms with E-state index in [-0.39, 0.29) is 0 Å². The molecule has 0 aliphatic carbocycles. The lowest BCUT2D eigenvalue weighted by atomic mass is 10.1. The number of nitrogens with two attached hydrogens (primary N) is 1. The molecule has 0 aliphatic rings. The molecule has 13 heavy (non-hydrogen) atoms. The van der Waals surface area contributed by atoms with Crippen LogP contribution in [0.5, 0.6) is 0 Å². The first kappa shape index (κ1) is 10.6. The first-order chi connectivity index (χ1) is 6.36. The molecule has 4 heteroatoms. The Morgan fingerprint density at radius 1 is 1.69 bits per heavy atom. The van der Waals surface area contributed by atoms with Gasteiger partial charge in [0.2, 0.25) is 0 Å². The van der Waals surface area contributed by atoms with Crippen LogP contribution >= 0.6 is 11.8 Å². The summed E-state index contributed by atoms with van der Waals surface area (Å²) in [6, 6.07) is 4.19. The van der Waals surface area contributed by atoms with Gasteiger partial charge < -0.3 is 4.42 Å². The predicted molar refractivity (Wildman–Crippen MR) is 56.5 cm³/mol. The summed E-state index contributed by atoms with van der Waals surface area (Å²) < 4.78 is 5.24. The first-order valence-corrected chi connectivity index (χ1v) is 5.73. The van der Waals surface area contributed by atoms with Crippen molar-refractivity contribution >= 4 is 11.8 Å². The number of hydrazine groups is 1. The molecule has 0 amide bonds. The van der Waals surface area contributed by atoms with Gasteiger partial charge in [0.05, 0.1) is 6.26 Å². The average molecular weight is 200 g/mol. The van der Waals surface area contributed by atoms with Gasteiger partial charge in [-0.3, -0.25) is 11.3 Å². The molecule has 74 valence electrons. The van der Waals surface area contributed by atoms with E-state index in [1.54, 1.807) is 6.26 Å². The zero-order chi connectivity index (χ0) is 9.52. The van der Waals surface area contributed by atoms with E-state index in [0.717, 1.165) is 24.4 Å². The highest BCUT2D eigenvalue weighted by atomic mass is 32.2. The Hall–Kier alpha value is -0.450. The molecule has 0 bridgehead atoms. The fourth-order valence-corrected chi connectivity index (χ4v) is 1.70. The Morgan fingerprint density at radius 3 is 3.08 bits per heavy atom. The minimum absolute atomic E-state index is 0.318. The summed E-state index contributed by atoms with van der Waals surface area (Å²) in [6.45, 7) is 0. The SMILES string of the molecule is CSCCC(Cc1ccco1)NN. The van der Waals surface area contributed by atoms with Crippen LogP contribution in [0.3, 0.4) is 0 Å². The molecule has 1 heterocycles. The van der Waals surface area contributed by atoms with Crippen LogP contribution in [0, 0.1) is 0 Å². The summed E-state index contributed by atoms with van der Waals surface area (Å²) in [5, 5.41) is 0. The molecule has 1 aromatic heterocycles. The van der Waals surface area contributed by atoms with Crippen molar-refractivity contribution in [3.8, 4) is 0 Å². The molecule has 0 aromatic carbocycles. The fraction of sp³-hybridized carbons (Fsp3) is 0.556. The predicted octanol–water partition coefficient (Wildman–Crippen LogP) is 1.41. The molecular weight excluding hydrogens is 184 g/mol. The van der Waals surface area contributed by atoms with Crippen LogP contribution in [0.15, 0.2) is 22.8 Å². The number of rotatable bonds is 6. The minimum Gasteiger partial charge on any atom is -0.469 e. The maximum Gasteiger partial charge on any atom is 0.105 e. The molecule has 0 saturated heterocycles. The first-order valence-electron chi connectivity index (χ1n) is 4.34. The van der Waals surface area contributed by atoms with Crippen molar-refractivity contribution in [1.82, 2.24) is 5.43 Å². The van der Waals surface area contributed by atoms with Crippen LogP contribution in [0.1, 0.15) is 12.2 Å². The Kier molecular flexibility index (Phi) is 4.97. The second-order valence-electron chi connectivity index (χ2n) is 2.93. The summed E-state index contributed by atoms with van der Waals surface area (Å²) in [5.74, 6) is 7.54. The molecule has 0 spiro atoms. The third-order valence-electron chi connectivity index (χ3n) is 1.93. The average Bonchev–Trinajstić information content (AvgIpc) is 2.64. The van der Waals surface area contributed by atoms with Crippen molar-refractivity contribution in [2.45, 2.75) is 18.9 Å². The van der Waals surface area contributed by atoms with Crippen molar-refractivity contribution in [2.24, 2.45) is 5.84 Å². The molecule has 1 unspecified atom stereocenters. The zero-order valence-corrected chi connectivity index (χ0v) is 8.64. The second kappa shape index (κ2) is 6.07. The second-order valence-corrected chi connectivity index (χ2v) is 3.91. The van der Waals surface area contributed by atoms with Gasteiger partial charge in [-0.05, 0) is 30.6 Å². The molecule has 1 rings (SSSR count). The number of hydrogen-bond acceptors (Lipinski definition) is 4. The maximum absolute atomic E-state index is 5.43. The lowest BCUT2D eigenvalue weighted by Gasteiger charge is -2.13. The van der Waals surface area contributed by atoms with Gasteiger partial charge in [0.1, 0.15) is 5.76 Å². The van der Waals surface area contributed by atoms with E-state index in [2.05, 4.69) is 11.7 Å². The molecular formula is C9H16N2OS. The highest BCUT2D eigenvalue weighted by Crippen LogP contribution is 2.08. The summed E-state index contributed by atoms with van der Waals surface area (Å²) in [5.41, 5.74) is 2.80. The normalized spacial score (nSPS) is 13.1. The summed E-state index contributed by atoms with van der Waals surface area (Å²) >= 11 is 1.83. The molecule has 0 radical (unpaired) electrons. The van der Waals surface area contributed by atoms with Gasteiger partial charge in [-0.15, -0.1) is 0 Å². The van der Waals surface area contributed by atoms with Gasteiger partial charge in [0.25, 0.3) is 0 Å². The van der Waals surface area contributed by atoms with Gasteiger partial charge in [-0.25, -0.2) is 0 Å². The Morgan fingerprint density at radius 2 is 2.54 bits per heavy atom. The van der Waals surface area contributed by atoms with Crippen molar-refractivity contribution in [3.05, 3.63) is 24.2 Å². The van der Waals surface area contributed by atoms with E-state index in [4.69, 9.17) is 10.3 Å². The van der Waals surface area contributed by atoms with Crippen LogP contribution < -0.4 is 11.3 Å². The van der Waals surface area contributed by atoms with Gasteiger partial charge in [0.15, 0.2) is 0 Å². The third kappa shape index (κ3) is 3.85. The van der Waals surface area contributed by atoms with E-state index in [1.165, 1.54) is 0 Å². The molecule has 0 saturated carbocycles. The highest BCUT2D eigenvalue weighted by Gasteiger charge is 2.08. The van der Waals surface area contributed by atoms with Crippen molar-refractivity contribution in [3.63, 3.8) is 0 Å². The van der Waals surface area contributed by atoms with Crippen LogP contribution in [-0.2, 0) is 6.42 Å². The summed E-state index contributed by atoms with van der Waals surface area (Å²) in [7, 11) is 0. The number of hydrogen-bond donors (Lipinski definition) is 2. The van der Waals surface area contributed by atoms with Crippen molar-refractivity contribution in [1.29, 1.82) is 0 Å². The smallest absolute Gasteiger partial charge is 0.105 e. The third-order valence-corrected chi connectivity index (χ3v) is 2.58. The van der Waals surface area contributed by atoms with Crippen LogP contribution in [0.2, 0.25) is 0 Å². The standard InChI is InChI=1S/C9H16N2OS/c1-13-6-4-8(11-10)7-9-3-2-5-12-9/h2-3,5,8,11H,4,6-7,10H2,1H3. The van der Waals surface area contributed by atoms with E-state index < -0.39 is 0 Å². The Labute approximate surface area is 83.0 Å². The molecule has 3 nitrogen and oxygen atoms in total. The van der Waals surface area contributed by atoms with Crippen LogP contribution in [0.25, 0.3) is 0 Å². The Bertz CT molecular complexity index is 213. The Balaban J connectivity index is 2.31. The monoisotopic (exact) mass is 200 g/mol. The maximum atomic E-state index is 5.43. The van der Waals surface area contributed by atoms with Crippen LogP contribution in [-0.4, -0.2) is 18.1 Å². The van der Waals surface area contributed by atoms with Gasteiger partial charge >= 0.3 is 0 Å². The van der Waals surface area contributed by atoms with E-state index >= 15 is 0 Å². The lowest BCUT2D eigenvalue weighted by molar-refractivity contribution is 0.440. The molecule has 0 fully saturated rings. The molecule has 0 aliphatic heterocycles. The molecule has 3 N–H and O–H groups in total. The largest absolute Gasteiger partial charge is 0.469 e. The number of thioether (sulfide) groups is 1. The van der Waals surface area contributed by atoms with Crippen LogP contribution in [0.4, 0.5) is 0 Å². The number of nitrogens with one attached hydrogen (secondary N) is 1. The number of furan rings is 1. The topological polar surface area (TPSA) is 51.2 Å². The fourth-order valence-electron chi connectivity index (χ4n) is 1.18. The zero-order valence-electron chi connectivity index (χ0n) is 7.82. The minimum atomic E-state index is 0.318. The quantitative estimate of drug-likeness (QED) is 0.538. The molecule has 1 atom stereocenters. The highest BCUT2D eigenvalue weighted by molar-refractivity contribution is 7.98. The van der Waals surface area contributed by atoms with Gasteiger partial charge in [0, 0.05) is 12.5 Å². The summed E-state index contributed by atoms with van der Waals surface area (Å²) in [4.78, 5) is 0. The van der Waals surface area contributed by atoms with E-state index in [0.29, 0.717) is 6.04 Å². The van der Waals surface area contributed by atoms with E-state index in [9.17, 15) is 0 Å². The van der Waals surface area contributed by atoms with E-state index in [1.807, 2.05) is 23.9 Å². The molecule has 1 aromatic rings. The van der Waals surface area contributed by atoms with Crippen molar-refractivity contribution in [2.75, 3.05) is 12.0 Å². The lowest BCUT2D eigenvalue weighted by Crippen LogP contribution is -2.37. The van der Waals surface area contributed by atoms with Gasteiger partial charge in [-0.2, -0.15) is 11.8 Å². The van der Waals surface area contributed by atoms with Crippen molar-refractivity contribution < 1.29 is 4.42 Å².